The van der Waals surface area contributed by atoms with E-state index in [1.54, 1.807) is 0 Å². The molecule has 0 spiro atoms. The second-order valence-corrected chi connectivity index (χ2v) is 3.69. The first-order valence-corrected chi connectivity index (χ1v) is 3.71. The maximum absolute atomic E-state index is 2.42. The average Bonchev–Trinajstić information content (AvgIpc) is 2.08. The normalized spacial score (nSPS) is 18.8. The van der Waals surface area contributed by atoms with Crippen molar-refractivity contribution >= 4 is 0 Å². The third-order valence-corrected chi connectivity index (χ3v) is 1.81. The van der Waals surface area contributed by atoms with Crippen molar-refractivity contribution in [1.82, 2.24) is 4.90 Å². The van der Waals surface area contributed by atoms with Crippen molar-refractivity contribution in [2.75, 3.05) is 6.54 Å². The van der Waals surface area contributed by atoms with Crippen molar-refractivity contribution in [2.24, 2.45) is 0 Å². The summed E-state index contributed by atoms with van der Waals surface area (Å²) in [7, 11) is 0. The Labute approximate surface area is 85.8 Å². The Kier molecular flexibility index (Phi) is 6.86. The summed E-state index contributed by atoms with van der Waals surface area (Å²) in [6.07, 6.45) is 2.62. The quantitative estimate of drug-likeness (QED) is 0.619. The van der Waals surface area contributed by atoms with Crippen LogP contribution in [0.5, 0.6) is 0 Å². The van der Waals surface area contributed by atoms with Crippen LogP contribution in [0.2, 0.25) is 0 Å². The minimum atomic E-state index is 0. The Hall–Kier alpha value is 0.648. The van der Waals surface area contributed by atoms with Gasteiger partial charge in [0, 0.05) is 0 Å². The molecule has 1 saturated heterocycles. The minimum Gasteiger partial charge on any atom is -0.452 e. The zero-order chi connectivity index (χ0) is 6.91. The minimum absolute atomic E-state index is 0. The van der Waals surface area contributed by atoms with E-state index >= 15 is 0 Å². The molecule has 0 atom stereocenters. The molecule has 1 rings (SSSR count). The van der Waals surface area contributed by atoms with Crippen molar-refractivity contribution in [2.45, 2.75) is 39.2 Å². The van der Waals surface area contributed by atoms with Gasteiger partial charge in [-0.3, -0.25) is 6.54 Å². The summed E-state index contributed by atoms with van der Waals surface area (Å²) in [6.45, 7) is 10.3. The fraction of sp³-hybridized carbons (Fsp3) is 0.778. The second kappa shape index (κ2) is 5.32. The van der Waals surface area contributed by atoms with Crippen LogP contribution < -0.4 is 0 Å². The molecule has 0 aliphatic carbocycles. The fourth-order valence-electron chi connectivity index (χ4n) is 1.21. The Morgan fingerprint density at radius 3 is 2.00 bits per heavy atom. The van der Waals surface area contributed by atoms with Crippen molar-refractivity contribution in [3.63, 3.8) is 0 Å². The third kappa shape index (κ3) is 4.28. The molecule has 0 amide bonds. The molecule has 0 saturated carbocycles. The summed E-state index contributed by atoms with van der Waals surface area (Å²) < 4.78 is 0. The summed E-state index contributed by atoms with van der Waals surface area (Å²) in [6, 6.07) is 0. The first-order chi connectivity index (χ1) is 4.11. The summed E-state index contributed by atoms with van der Waals surface area (Å²) in [5.41, 5.74) is 0.358. The Morgan fingerprint density at radius 2 is 1.82 bits per heavy atom. The molecule has 11 heavy (non-hydrogen) atoms. The molecule has 1 aliphatic heterocycles. The third-order valence-electron chi connectivity index (χ3n) is 1.81. The molecule has 1 nitrogen and oxygen atoms in total. The summed E-state index contributed by atoms with van der Waals surface area (Å²) >= 11 is 0. The molecule has 0 aromatic carbocycles. The predicted octanol–water partition coefficient (Wildman–Crippen LogP) is 2.49. The van der Waals surface area contributed by atoms with E-state index in [4.69, 9.17) is 0 Å². The van der Waals surface area contributed by atoms with E-state index in [1.807, 2.05) is 0 Å². The molecule has 66 valence electrons. The molecule has 0 radical (unpaired) electrons. The summed E-state index contributed by atoms with van der Waals surface area (Å²) in [5, 5.41) is 0. The Morgan fingerprint density at radius 1 is 1.27 bits per heavy atom. The van der Waals surface area contributed by atoms with Gasteiger partial charge >= 0.3 is 21.1 Å². The van der Waals surface area contributed by atoms with Gasteiger partial charge in [0.1, 0.15) is 0 Å². The van der Waals surface area contributed by atoms with Crippen LogP contribution in [0.3, 0.4) is 0 Å². The van der Waals surface area contributed by atoms with Gasteiger partial charge in [-0.05, 0) is 32.9 Å². The Bertz CT molecular complexity index is 90.2. The maximum Gasteiger partial charge on any atom is 2.00 e. The molecule has 0 aromatic rings. The maximum atomic E-state index is 2.42. The molecule has 0 N–H and O–H groups in total. The smallest absolute Gasteiger partial charge is 0.452 e. The van der Waals surface area contributed by atoms with Crippen LogP contribution in [-0.2, 0) is 21.1 Å². The van der Waals surface area contributed by atoms with E-state index in [9.17, 15) is 0 Å². The standard InChI is InChI=1S/C8H16N.CH3.W/c1-8(2,3)9-6-4-5-7-9;;/h6H,4-5,7H2,1-3H3;1H3;/q2*-1;+2. The number of hydrogen-bond acceptors (Lipinski definition) is 1. The predicted molar refractivity (Wildman–Crippen MR) is 46.4 cm³/mol. The molecule has 0 unspecified atom stereocenters. The van der Waals surface area contributed by atoms with Gasteiger partial charge in [-0.25, -0.2) is 0 Å². The van der Waals surface area contributed by atoms with Crippen LogP contribution in [0.1, 0.15) is 33.6 Å². The van der Waals surface area contributed by atoms with Crippen LogP contribution in [0.4, 0.5) is 0 Å². The van der Waals surface area contributed by atoms with Crippen LogP contribution in [-0.4, -0.2) is 17.0 Å². The van der Waals surface area contributed by atoms with Crippen molar-refractivity contribution in [3.05, 3.63) is 14.0 Å². The topological polar surface area (TPSA) is 3.24 Å². The van der Waals surface area contributed by atoms with E-state index in [2.05, 4.69) is 32.2 Å². The molecule has 0 bridgehead atoms. The average molecular weight is 325 g/mol. The zero-order valence-electron chi connectivity index (χ0n) is 8.05. The van der Waals surface area contributed by atoms with Crippen LogP contribution in [0, 0.1) is 14.0 Å². The van der Waals surface area contributed by atoms with Gasteiger partial charge in [-0.1, -0.05) is 6.42 Å². The molecule has 1 fully saturated rings. The molecule has 1 heterocycles. The molecule has 0 aromatic heterocycles. The summed E-state index contributed by atoms with van der Waals surface area (Å²) in [5.74, 6) is 0. The number of nitrogens with zero attached hydrogens (tertiary/aromatic N) is 1. The van der Waals surface area contributed by atoms with Gasteiger partial charge in [0.2, 0.25) is 0 Å². The van der Waals surface area contributed by atoms with Gasteiger partial charge in [-0.15, -0.1) is 0 Å². The van der Waals surface area contributed by atoms with Crippen molar-refractivity contribution < 1.29 is 21.1 Å². The van der Waals surface area contributed by atoms with Gasteiger partial charge in [0.05, 0.1) is 0 Å². The number of hydrogen-bond donors (Lipinski definition) is 0. The monoisotopic (exact) mass is 325 g/mol. The first kappa shape index (κ1) is 14.2. The second-order valence-electron chi connectivity index (χ2n) is 3.69. The van der Waals surface area contributed by atoms with E-state index in [0.717, 1.165) is 0 Å². The van der Waals surface area contributed by atoms with Gasteiger partial charge in [0.15, 0.2) is 0 Å². The van der Waals surface area contributed by atoms with Crippen molar-refractivity contribution in [1.29, 1.82) is 0 Å². The SMILES string of the molecule is CC(C)(C)N1[CH-]CCC1.[CH3-].[W+2]. The number of likely N-dealkylation sites (tertiary alicyclic amines) is 1. The van der Waals surface area contributed by atoms with E-state index < -0.39 is 0 Å². The van der Waals surface area contributed by atoms with Crippen molar-refractivity contribution in [3.8, 4) is 0 Å². The first-order valence-electron chi connectivity index (χ1n) is 3.71. The largest absolute Gasteiger partial charge is 2.00 e. The molecular formula is C9H19NW. The van der Waals surface area contributed by atoms with Crippen LogP contribution in [0.15, 0.2) is 0 Å². The van der Waals surface area contributed by atoms with Gasteiger partial charge in [0.25, 0.3) is 0 Å². The zero-order valence-corrected chi connectivity index (χ0v) is 11.0. The fourth-order valence-corrected chi connectivity index (χ4v) is 1.21. The Balaban J connectivity index is 0. The van der Waals surface area contributed by atoms with Crippen LogP contribution in [0.25, 0.3) is 0 Å². The molecular weight excluding hydrogens is 306 g/mol. The number of rotatable bonds is 0. The summed E-state index contributed by atoms with van der Waals surface area (Å²) in [4.78, 5) is 2.42. The van der Waals surface area contributed by atoms with E-state index in [-0.39, 0.29) is 28.5 Å². The molecule has 2 heteroatoms. The van der Waals surface area contributed by atoms with Gasteiger partial charge in [-0.2, -0.15) is 6.42 Å². The molecule has 1 aliphatic rings. The van der Waals surface area contributed by atoms with Gasteiger partial charge < -0.3 is 12.3 Å². The van der Waals surface area contributed by atoms with Crippen LogP contribution >= 0.6 is 0 Å². The van der Waals surface area contributed by atoms with E-state index in [0.29, 0.717) is 5.54 Å². The van der Waals surface area contributed by atoms with E-state index in [1.165, 1.54) is 19.4 Å².